The van der Waals surface area contributed by atoms with Crippen LogP contribution in [-0.4, -0.2) is 14.2 Å². The van der Waals surface area contributed by atoms with Crippen LogP contribution in [0.3, 0.4) is 0 Å². The van der Waals surface area contributed by atoms with Gasteiger partial charge in [-0.15, -0.1) is 0 Å². The van der Waals surface area contributed by atoms with Gasteiger partial charge in [-0.1, -0.05) is 57.4 Å². The van der Waals surface area contributed by atoms with Crippen LogP contribution in [0.4, 0.5) is 0 Å². The molecule has 0 N–H and O–H groups in total. The molecule has 0 atom stereocenters. The Balaban J connectivity index is -0.00000000119. The van der Waals surface area contributed by atoms with E-state index in [1.807, 2.05) is 27.7 Å². The molecule has 0 aromatic rings. The zero-order valence-corrected chi connectivity index (χ0v) is 13.0. The molecule has 0 saturated carbocycles. The number of hydrogen-bond donors (Lipinski definition) is 0. The van der Waals surface area contributed by atoms with E-state index in [0.29, 0.717) is 0 Å². The van der Waals surface area contributed by atoms with Gasteiger partial charge in [0.2, 0.25) is 0 Å². The second kappa shape index (κ2) is 1240. The summed E-state index contributed by atoms with van der Waals surface area (Å²) in [5.41, 5.74) is 0. The van der Waals surface area contributed by atoms with Gasteiger partial charge in [-0.3, -0.25) is 0 Å². The Morgan fingerprint density at radius 1 is 0.500 bits per heavy atom. The third-order valence-corrected chi connectivity index (χ3v) is 0. The second-order valence-electron chi connectivity index (χ2n) is 0.408. The second-order valence-corrected chi connectivity index (χ2v) is 0.408. The maximum absolute atomic E-state index is 4.25. The Bertz CT molecular complexity index is 10.7. The predicted molar refractivity (Wildman–Crippen MR) is 88.2 cm³/mol. The van der Waals surface area contributed by atoms with Crippen molar-refractivity contribution in [2.45, 2.75) is 57.4 Å². The number of ether oxygens (including phenoxy) is 1. The molecular formula is C14H46OPt. The summed E-state index contributed by atoms with van der Waals surface area (Å²) in [5.74, 6) is 0. The summed E-state index contributed by atoms with van der Waals surface area (Å²) in [6, 6.07) is 0. The summed E-state index contributed by atoms with van der Waals surface area (Å²) >= 11 is 0. The SMILES string of the molecule is C.C.C.C.CC.CC.COC.[CH3-].[CH3-].[CH3-].[CH3-].[Pt+4]. The van der Waals surface area contributed by atoms with E-state index in [-0.39, 0.29) is 80.5 Å². The van der Waals surface area contributed by atoms with Crippen LogP contribution in [0.2, 0.25) is 0 Å². The molecule has 16 heavy (non-hydrogen) atoms. The van der Waals surface area contributed by atoms with E-state index in [0.717, 1.165) is 0 Å². The van der Waals surface area contributed by atoms with Gasteiger partial charge in [-0.05, 0) is 0 Å². The quantitative estimate of drug-likeness (QED) is 0.394. The van der Waals surface area contributed by atoms with Crippen molar-refractivity contribution >= 4 is 0 Å². The zero-order chi connectivity index (χ0) is 6.71. The van der Waals surface area contributed by atoms with Gasteiger partial charge in [0.05, 0.1) is 0 Å². The summed E-state index contributed by atoms with van der Waals surface area (Å²) in [6.45, 7) is 8.00. The van der Waals surface area contributed by atoms with Crippen LogP contribution in [0.25, 0.3) is 0 Å². The molecule has 0 bridgehead atoms. The van der Waals surface area contributed by atoms with Crippen molar-refractivity contribution in [2.75, 3.05) is 14.2 Å². The molecule has 0 spiro atoms. The third-order valence-electron chi connectivity index (χ3n) is 0. The normalized spacial score (nSPS) is 1.88. The van der Waals surface area contributed by atoms with Crippen molar-refractivity contribution < 1.29 is 25.8 Å². The molecule has 0 unspecified atom stereocenters. The van der Waals surface area contributed by atoms with Crippen molar-refractivity contribution in [3.63, 3.8) is 0 Å². The fourth-order valence-electron chi connectivity index (χ4n) is 0. The summed E-state index contributed by atoms with van der Waals surface area (Å²) in [6.07, 6.45) is 0. The Hall–Kier alpha value is 0.648. The number of rotatable bonds is 0. The minimum absolute atomic E-state index is 0. The molecule has 0 radical (unpaired) electrons. The van der Waals surface area contributed by atoms with E-state index in [1.165, 1.54) is 0 Å². The van der Waals surface area contributed by atoms with E-state index in [2.05, 4.69) is 4.74 Å². The van der Waals surface area contributed by atoms with Crippen molar-refractivity contribution in [1.29, 1.82) is 0 Å². The van der Waals surface area contributed by atoms with E-state index >= 15 is 0 Å². The molecule has 0 aromatic carbocycles. The minimum Gasteiger partial charge on any atom is -0.388 e. The average molecular weight is 426 g/mol. The molecule has 0 aromatic heterocycles. The maximum atomic E-state index is 4.25. The van der Waals surface area contributed by atoms with Gasteiger partial charge in [0.25, 0.3) is 0 Å². The topological polar surface area (TPSA) is 9.23 Å². The van der Waals surface area contributed by atoms with Crippen LogP contribution in [0, 0.1) is 29.7 Å². The fourth-order valence-corrected chi connectivity index (χ4v) is 0. The smallest absolute Gasteiger partial charge is 0.388 e. The van der Waals surface area contributed by atoms with Gasteiger partial charge in [0.1, 0.15) is 0 Å². The van der Waals surface area contributed by atoms with E-state index in [9.17, 15) is 0 Å². The Morgan fingerprint density at radius 3 is 0.500 bits per heavy atom. The molecule has 0 saturated heterocycles. The maximum Gasteiger partial charge on any atom is 4.00 e. The van der Waals surface area contributed by atoms with Crippen molar-refractivity contribution in [3.8, 4) is 0 Å². The summed E-state index contributed by atoms with van der Waals surface area (Å²) in [7, 11) is 3.25. The zero-order valence-electron chi connectivity index (χ0n) is 10.7. The Kier molecular flexibility index (Phi) is 14600. The molecule has 0 aliphatic carbocycles. The first-order chi connectivity index (χ1) is 3.41. The minimum atomic E-state index is 0. The summed E-state index contributed by atoms with van der Waals surface area (Å²) < 4.78 is 4.25. The van der Waals surface area contributed by atoms with E-state index in [4.69, 9.17) is 0 Å². The summed E-state index contributed by atoms with van der Waals surface area (Å²) in [4.78, 5) is 0. The molecule has 2 heteroatoms. The summed E-state index contributed by atoms with van der Waals surface area (Å²) in [5, 5.41) is 0. The van der Waals surface area contributed by atoms with Gasteiger partial charge < -0.3 is 34.4 Å². The van der Waals surface area contributed by atoms with Crippen molar-refractivity contribution in [2.24, 2.45) is 0 Å². The first-order valence-electron chi connectivity index (χ1n) is 2.82. The van der Waals surface area contributed by atoms with Gasteiger partial charge in [-0.2, -0.15) is 0 Å². The van der Waals surface area contributed by atoms with E-state index in [1.54, 1.807) is 14.2 Å². The molecule has 0 fully saturated rings. The third kappa shape index (κ3) is 6490. The molecule has 0 heterocycles. The van der Waals surface area contributed by atoms with Crippen molar-refractivity contribution in [3.05, 3.63) is 29.7 Å². The molecule has 118 valence electrons. The van der Waals surface area contributed by atoms with Gasteiger partial charge in [0, 0.05) is 14.2 Å². The van der Waals surface area contributed by atoms with Crippen LogP contribution < -0.4 is 0 Å². The van der Waals surface area contributed by atoms with Crippen LogP contribution in [0.5, 0.6) is 0 Å². The molecule has 0 aliphatic rings. The van der Waals surface area contributed by atoms with Gasteiger partial charge >= 0.3 is 21.1 Å². The van der Waals surface area contributed by atoms with Crippen LogP contribution in [-0.2, 0) is 25.8 Å². The molecule has 0 amide bonds. The average Bonchev–Trinajstić information content (AvgIpc) is 1.78. The standard InChI is InChI=1S/C2H6O.2C2H6.4CH4.4CH3.Pt/c1-3-2;2*1-2;;;;;;;;;/h1-2H3;2*1-2H3;4*1H4;4*1H3;/q;;;;;;;4*-1;+4. The molecule has 0 rings (SSSR count). The van der Waals surface area contributed by atoms with Crippen LogP contribution >= 0.6 is 0 Å². The van der Waals surface area contributed by atoms with Gasteiger partial charge in [0.15, 0.2) is 0 Å². The van der Waals surface area contributed by atoms with Crippen LogP contribution in [0.1, 0.15) is 57.4 Å². The monoisotopic (exact) mass is 425 g/mol. The first kappa shape index (κ1) is 189. The van der Waals surface area contributed by atoms with Crippen molar-refractivity contribution in [1.82, 2.24) is 0 Å². The van der Waals surface area contributed by atoms with Gasteiger partial charge in [-0.25, -0.2) is 0 Å². The Labute approximate surface area is 127 Å². The van der Waals surface area contributed by atoms with Crippen LogP contribution in [0.15, 0.2) is 0 Å². The fraction of sp³-hybridized carbons (Fsp3) is 0.714. The molecular weight excluding hydrogens is 379 g/mol. The largest absolute Gasteiger partial charge is 4.00 e. The molecule has 1 nitrogen and oxygen atoms in total. The number of methoxy groups -OCH3 is 1. The predicted octanol–water partition coefficient (Wildman–Crippen LogP) is 6.66. The molecule has 0 aliphatic heterocycles. The number of hydrogen-bond acceptors (Lipinski definition) is 1. The first-order valence-corrected chi connectivity index (χ1v) is 2.82. The Morgan fingerprint density at radius 2 is 0.500 bits per heavy atom. The van der Waals surface area contributed by atoms with E-state index < -0.39 is 0 Å².